The van der Waals surface area contributed by atoms with Crippen LogP contribution in [0.5, 0.6) is 17.2 Å². The Morgan fingerprint density at radius 3 is 2.48 bits per heavy atom. The molecule has 0 bridgehead atoms. The maximum Gasteiger partial charge on any atom is 0.161 e. The molecule has 0 unspecified atom stereocenters. The summed E-state index contributed by atoms with van der Waals surface area (Å²) in [7, 11) is 3.22. The van der Waals surface area contributed by atoms with Gasteiger partial charge in [0.1, 0.15) is 12.4 Å². The van der Waals surface area contributed by atoms with Gasteiger partial charge in [0.2, 0.25) is 0 Å². The minimum atomic E-state index is -0.536. The van der Waals surface area contributed by atoms with E-state index in [9.17, 15) is 5.11 Å². The zero-order valence-corrected chi connectivity index (χ0v) is 12.5. The van der Waals surface area contributed by atoms with E-state index in [1.807, 2.05) is 30.3 Å². The van der Waals surface area contributed by atoms with Gasteiger partial charge in [0.05, 0.1) is 20.3 Å². The highest BCUT2D eigenvalue weighted by molar-refractivity contribution is 5.43. The molecule has 112 valence electrons. The second-order valence-corrected chi connectivity index (χ2v) is 4.73. The first-order valence-electron chi connectivity index (χ1n) is 6.75. The lowest BCUT2D eigenvalue weighted by atomic mass is 10.1. The maximum atomic E-state index is 9.59. The number of aliphatic hydroxyl groups excluding tert-OH is 1. The lowest BCUT2D eigenvalue weighted by molar-refractivity contribution is 0.198. The van der Waals surface area contributed by atoms with Crippen LogP contribution in [0.3, 0.4) is 0 Å². The standard InChI is InChI=1S/C17H20O4/c1-12(18)14-7-8-16(17(10-14)20-3)21-11-13-5-4-6-15(9-13)19-2/h4-10,12,18H,11H2,1-3H3/t12-/m1/s1. The normalized spacial score (nSPS) is 11.8. The summed E-state index contributed by atoms with van der Waals surface area (Å²) in [5, 5.41) is 9.59. The number of ether oxygens (including phenoxy) is 3. The van der Waals surface area contributed by atoms with E-state index in [2.05, 4.69) is 0 Å². The second kappa shape index (κ2) is 6.99. The molecule has 0 aromatic heterocycles. The van der Waals surface area contributed by atoms with Crippen LogP contribution in [0.15, 0.2) is 42.5 Å². The molecule has 0 fully saturated rings. The quantitative estimate of drug-likeness (QED) is 0.885. The average molecular weight is 288 g/mol. The monoisotopic (exact) mass is 288 g/mol. The first kappa shape index (κ1) is 15.2. The van der Waals surface area contributed by atoms with E-state index in [-0.39, 0.29) is 0 Å². The van der Waals surface area contributed by atoms with Crippen molar-refractivity contribution in [2.24, 2.45) is 0 Å². The Labute approximate surface area is 124 Å². The molecule has 0 aliphatic carbocycles. The fraction of sp³-hybridized carbons (Fsp3) is 0.294. The number of aliphatic hydroxyl groups is 1. The molecule has 21 heavy (non-hydrogen) atoms. The molecular formula is C17H20O4. The van der Waals surface area contributed by atoms with Gasteiger partial charge in [-0.3, -0.25) is 0 Å². The van der Waals surface area contributed by atoms with Gasteiger partial charge >= 0.3 is 0 Å². The van der Waals surface area contributed by atoms with Crippen LogP contribution >= 0.6 is 0 Å². The van der Waals surface area contributed by atoms with Gasteiger partial charge in [-0.1, -0.05) is 18.2 Å². The largest absolute Gasteiger partial charge is 0.497 e. The smallest absolute Gasteiger partial charge is 0.161 e. The Balaban J connectivity index is 2.12. The highest BCUT2D eigenvalue weighted by atomic mass is 16.5. The Kier molecular flexibility index (Phi) is 5.06. The third kappa shape index (κ3) is 3.89. The van der Waals surface area contributed by atoms with Crippen molar-refractivity contribution < 1.29 is 19.3 Å². The predicted molar refractivity (Wildman–Crippen MR) is 81.0 cm³/mol. The third-order valence-corrected chi connectivity index (χ3v) is 3.20. The maximum absolute atomic E-state index is 9.59. The molecule has 0 heterocycles. The molecule has 0 saturated heterocycles. The average Bonchev–Trinajstić information content (AvgIpc) is 2.52. The van der Waals surface area contributed by atoms with Crippen LogP contribution in [0, 0.1) is 0 Å². The molecule has 1 N–H and O–H groups in total. The van der Waals surface area contributed by atoms with E-state index in [4.69, 9.17) is 14.2 Å². The van der Waals surface area contributed by atoms with Gasteiger partial charge in [-0.25, -0.2) is 0 Å². The van der Waals surface area contributed by atoms with E-state index >= 15 is 0 Å². The minimum absolute atomic E-state index is 0.418. The van der Waals surface area contributed by atoms with Crippen LogP contribution in [-0.4, -0.2) is 19.3 Å². The lowest BCUT2D eigenvalue weighted by Gasteiger charge is -2.13. The zero-order chi connectivity index (χ0) is 15.2. The van der Waals surface area contributed by atoms with E-state index in [0.717, 1.165) is 16.9 Å². The molecule has 2 rings (SSSR count). The Hall–Kier alpha value is -2.20. The molecule has 0 spiro atoms. The van der Waals surface area contributed by atoms with Crippen molar-refractivity contribution in [1.82, 2.24) is 0 Å². The predicted octanol–water partition coefficient (Wildman–Crippen LogP) is 3.34. The van der Waals surface area contributed by atoms with E-state index in [1.165, 1.54) is 0 Å². The van der Waals surface area contributed by atoms with Crippen LogP contribution in [0.25, 0.3) is 0 Å². The van der Waals surface area contributed by atoms with Gasteiger partial charge in [-0.2, -0.15) is 0 Å². The van der Waals surface area contributed by atoms with Crippen molar-refractivity contribution in [2.75, 3.05) is 14.2 Å². The van der Waals surface area contributed by atoms with Gasteiger partial charge in [0.15, 0.2) is 11.5 Å². The van der Waals surface area contributed by atoms with Gasteiger partial charge in [-0.15, -0.1) is 0 Å². The highest BCUT2D eigenvalue weighted by Crippen LogP contribution is 2.31. The SMILES string of the molecule is COc1cccc(COc2ccc([C@@H](C)O)cc2OC)c1. The molecule has 2 aromatic rings. The first-order valence-corrected chi connectivity index (χ1v) is 6.75. The van der Waals surface area contributed by atoms with Crippen LogP contribution in [0.2, 0.25) is 0 Å². The van der Waals surface area contributed by atoms with E-state index < -0.39 is 6.10 Å². The lowest BCUT2D eigenvalue weighted by Crippen LogP contribution is -1.99. The molecule has 0 aliphatic rings. The molecule has 0 radical (unpaired) electrons. The topological polar surface area (TPSA) is 47.9 Å². The Morgan fingerprint density at radius 1 is 1.00 bits per heavy atom. The molecular weight excluding hydrogens is 268 g/mol. The fourth-order valence-electron chi connectivity index (χ4n) is 1.99. The summed E-state index contributed by atoms with van der Waals surface area (Å²) in [6.45, 7) is 2.13. The Bertz CT molecular complexity index is 593. The molecule has 0 aliphatic heterocycles. The first-order chi connectivity index (χ1) is 10.1. The van der Waals surface area contributed by atoms with Crippen LogP contribution in [-0.2, 0) is 6.61 Å². The van der Waals surface area contributed by atoms with Gasteiger partial charge in [0, 0.05) is 0 Å². The molecule has 4 nitrogen and oxygen atoms in total. The van der Waals surface area contributed by atoms with E-state index in [0.29, 0.717) is 18.1 Å². The number of hydrogen-bond donors (Lipinski definition) is 1. The molecule has 2 aromatic carbocycles. The van der Waals surface area contributed by atoms with Crippen LogP contribution in [0.4, 0.5) is 0 Å². The summed E-state index contributed by atoms with van der Waals surface area (Å²) in [5.74, 6) is 2.05. The second-order valence-electron chi connectivity index (χ2n) is 4.73. The van der Waals surface area contributed by atoms with Crippen molar-refractivity contribution in [3.63, 3.8) is 0 Å². The molecule has 1 atom stereocenters. The molecule has 0 saturated carbocycles. The summed E-state index contributed by atoms with van der Waals surface area (Å²) >= 11 is 0. The molecule has 0 amide bonds. The number of benzene rings is 2. The van der Waals surface area contributed by atoms with Crippen molar-refractivity contribution >= 4 is 0 Å². The van der Waals surface area contributed by atoms with Gasteiger partial charge < -0.3 is 19.3 Å². The summed E-state index contributed by atoms with van der Waals surface area (Å²) < 4.78 is 16.3. The van der Waals surface area contributed by atoms with Gasteiger partial charge in [-0.05, 0) is 42.3 Å². The fourth-order valence-corrected chi connectivity index (χ4v) is 1.99. The Morgan fingerprint density at radius 2 is 1.81 bits per heavy atom. The van der Waals surface area contributed by atoms with E-state index in [1.54, 1.807) is 33.3 Å². The van der Waals surface area contributed by atoms with Gasteiger partial charge in [0.25, 0.3) is 0 Å². The summed E-state index contributed by atoms with van der Waals surface area (Å²) in [4.78, 5) is 0. The molecule has 4 heteroatoms. The van der Waals surface area contributed by atoms with Crippen LogP contribution in [0.1, 0.15) is 24.2 Å². The number of methoxy groups -OCH3 is 2. The zero-order valence-electron chi connectivity index (χ0n) is 12.5. The van der Waals surface area contributed by atoms with Crippen molar-refractivity contribution in [3.05, 3.63) is 53.6 Å². The summed E-state index contributed by atoms with van der Waals surface area (Å²) in [6, 6.07) is 13.1. The third-order valence-electron chi connectivity index (χ3n) is 3.20. The summed E-state index contributed by atoms with van der Waals surface area (Å²) in [6.07, 6.45) is -0.536. The van der Waals surface area contributed by atoms with Crippen molar-refractivity contribution in [2.45, 2.75) is 19.6 Å². The van der Waals surface area contributed by atoms with Crippen LogP contribution < -0.4 is 14.2 Å². The summed E-state index contributed by atoms with van der Waals surface area (Å²) in [5.41, 5.74) is 1.80. The number of rotatable bonds is 6. The van der Waals surface area contributed by atoms with Crippen molar-refractivity contribution in [3.8, 4) is 17.2 Å². The van der Waals surface area contributed by atoms with Crippen molar-refractivity contribution in [1.29, 1.82) is 0 Å². The highest BCUT2D eigenvalue weighted by Gasteiger charge is 2.09. The number of hydrogen-bond acceptors (Lipinski definition) is 4. The minimum Gasteiger partial charge on any atom is -0.497 e.